The van der Waals surface area contributed by atoms with Crippen molar-refractivity contribution in [3.63, 3.8) is 0 Å². The lowest BCUT2D eigenvalue weighted by atomic mass is 9.96. The van der Waals surface area contributed by atoms with Gasteiger partial charge in [0.2, 0.25) is 0 Å². The molecule has 0 aliphatic rings. The van der Waals surface area contributed by atoms with Crippen LogP contribution in [-0.2, 0) is 6.42 Å². The molecule has 0 bridgehead atoms. The summed E-state index contributed by atoms with van der Waals surface area (Å²) >= 11 is 0. The molecular weight excluding hydrogens is 239 g/mol. The van der Waals surface area contributed by atoms with Gasteiger partial charge >= 0.3 is 0 Å². The van der Waals surface area contributed by atoms with Crippen molar-refractivity contribution in [1.82, 2.24) is 5.43 Å². The quantitative estimate of drug-likeness (QED) is 0.652. The number of hydrazine groups is 1. The van der Waals surface area contributed by atoms with Gasteiger partial charge in [-0.25, -0.2) is 9.82 Å². The molecular formula is C16H19FN2. The van der Waals surface area contributed by atoms with Gasteiger partial charge in [0, 0.05) is 5.56 Å². The normalized spacial score (nSPS) is 12.4. The van der Waals surface area contributed by atoms with Gasteiger partial charge in [0.05, 0.1) is 6.04 Å². The Morgan fingerprint density at radius 2 is 2.00 bits per heavy atom. The van der Waals surface area contributed by atoms with Gasteiger partial charge < -0.3 is 0 Å². The number of halogens is 1. The third-order valence-corrected chi connectivity index (χ3v) is 3.33. The van der Waals surface area contributed by atoms with Crippen LogP contribution in [0.5, 0.6) is 0 Å². The largest absolute Gasteiger partial charge is 0.271 e. The summed E-state index contributed by atoms with van der Waals surface area (Å²) in [5, 5.41) is 0. The van der Waals surface area contributed by atoms with Crippen molar-refractivity contribution < 1.29 is 4.39 Å². The number of hydrogen-bond donors (Lipinski definition) is 2. The number of aryl methyl sites for hydroxylation is 2. The molecule has 2 nitrogen and oxygen atoms in total. The second-order valence-electron chi connectivity index (χ2n) is 4.72. The van der Waals surface area contributed by atoms with Crippen LogP contribution >= 0.6 is 0 Å². The number of benzene rings is 2. The summed E-state index contributed by atoms with van der Waals surface area (Å²) in [6.07, 6.45) is 0.946. The summed E-state index contributed by atoms with van der Waals surface area (Å²) in [7, 11) is 0. The van der Waals surface area contributed by atoms with E-state index in [4.69, 9.17) is 5.84 Å². The molecule has 0 aliphatic heterocycles. The minimum atomic E-state index is -0.327. The molecule has 2 rings (SSSR count). The van der Waals surface area contributed by atoms with Crippen molar-refractivity contribution in [1.29, 1.82) is 0 Å². The van der Waals surface area contributed by atoms with Gasteiger partial charge in [0.1, 0.15) is 5.82 Å². The van der Waals surface area contributed by atoms with Crippen molar-refractivity contribution in [3.05, 3.63) is 70.5 Å². The summed E-state index contributed by atoms with van der Waals surface area (Å²) in [4.78, 5) is 0. The Balaban J connectivity index is 2.43. The van der Waals surface area contributed by atoms with Gasteiger partial charge in [-0.2, -0.15) is 0 Å². The highest BCUT2D eigenvalue weighted by atomic mass is 19.1. The van der Waals surface area contributed by atoms with Gasteiger partial charge in [0.25, 0.3) is 0 Å². The van der Waals surface area contributed by atoms with Crippen LogP contribution in [0.3, 0.4) is 0 Å². The van der Waals surface area contributed by atoms with E-state index in [-0.39, 0.29) is 11.9 Å². The van der Waals surface area contributed by atoms with Crippen LogP contribution in [-0.4, -0.2) is 0 Å². The molecule has 0 amide bonds. The van der Waals surface area contributed by atoms with E-state index < -0.39 is 0 Å². The zero-order valence-corrected chi connectivity index (χ0v) is 11.3. The Kier molecular flexibility index (Phi) is 4.30. The van der Waals surface area contributed by atoms with Crippen LogP contribution in [0, 0.1) is 12.7 Å². The Morgan fingerprint density at radius 1 is 1.21 bits per heavy atom. The topological polar surface area (TPSA) is 38.0 Å². The van der Waals surface area contributed by atoms with Crippen LogP contribution in [0.2, 0.25) is 0 Å². The van der Waals surface area contributed by atoms with Crippen molar-refractivity contribution in [2.75, 3.05) is 0 Å². The summed E-state index contributed by atoms with van der Waals surface area (Å²) in [6.45, 7) is 3.96. The highest BCUT2D eigenvalue weighted by Gasteiger charge is 2.16. The van der Waals surface area contributed by atoms with Gasteiger partial charge in [-0.05, 0) is 36.1 Å². The first-order chi connectivity index (χ1) is 9.15. The standard InChI is InChI=1S/C16H19FN2/c1-3-12-5-4-6-13(10-12)16(19-18)14-8-7-11(2)9-15(14)17/h4-10,16,19H,3,18H2,1-2H3. The third kappa shape index (κ3) is 3.00. The zero-order chi connectivity index (χ0) is 13.8. The van der Waals surface area contributed by atoms with E-state index in [0.717, 1.165) is 17.5 Å². The molecule has 0 radical (unpaired) electrons. The van der Waals surface area contributed by atoms with Crippen molar-refractivity contribution in [2.45, 2.75) is 26.3 Å². The fourth-order valence-electron chi connectivity index (χ4n) is 2.22. The maximum absolute atomic E-state index is 14.1. The molecule has 0 spiro atoms. The van der Waals surface area contributed by atoms with Crippen LogP contribution in [0.1, 0.15) is 35.2 Å². The SMILES string of the molecule is CCc1cccc(C(NN)c2ccc(C)cc2F)c1. The van der Waals surface area contributed by atoms with E-state index in [1.165, 1.54) is 11.6 Å². The highest BCUT2D eigenvalue weighted by Crippen LogP contribution is 2.25. The third-order valence-electron chi connectivity index (χ3n) is 3.33. The Morgan fingerprint density at radius 3 is 2.63 bits per heavy atom. The summed E-state index contributed by atoms with van der Waals surface area (Å²) in [5.74, 6) is 5.39. The van der Waals surface area contributed by atoms with Crippen LogP contribution in [0.25, 0.3) is 0 Å². The Bertz CT molecular complexity index is 566. The molecule has 0 aliphatic carbocycles. The summed E-state index contributed by atoms with van der Waals surface area (Å²) in [6, 6.07) is 12.9. The van der Waals surface area contributed by atoms with Crippen molar-refractivity contribution >= 4 is 0 Å². The average molecular weight is 258 g/mol. The van der Waals surface area contributed by atoms with Crippen LogP contribution < -0.4 is 11.3 Å². The van der Waals surface area contributed by atoms with E-state index >= 15 is 0 Å². The van der Waals surface area contributed by atoms with E-state index in [9.17, 15) is 4.39 Å². The van der Waals surface area contributed by atoms with Crippen molar-refractivity contribution in [2.24, 2.45) is 5.84 Å². The first-order valence-corrected chi connectivity index (χ1v) is 6.46. The second-order valence-corrected chi connectivity index (χ2v) is 4.72. The first-order valence-electron chi connectivity index (χ1n) is 6.46. The molecule has 0 saturated carbocycles. The number of hydrogen-bond acceptors (Lipinski definition) is 2. The molecule has 19 heavy (non-hydrogen) atoms. The van der Waals surface area contributed by atoms with Gasteiger partial charge in [-0.3, -0.25) is 5.84 Å². The fraction of sp³-hybridized carbons (Fsp3) is 0.250. The molecule has 0 saturated heterocycles. The monoisotopic (exact) mass is 258 g/mol. The van der Waals surface area contributed by atoms with E-state index in [1.54, 1.807) is 6.07 Å². The molecule has 2 aromatic carbocycles. The maximum Gasteiger partial charge on any atom is 0.128 e. The van der Waals surface area contributed by atoms with Gasteiger partial charge in [0.15, 0.2) is 0 Å². The molecule has 0 fully saturated rings. The van der Waals surface area contributed by atoms with Crippen LogP contribution in [0.4, 0.5) is 4.39 Å². The first kappa shape index (κ1) is 13.7. The smallest absolute Gasteiger partial charge is 0.128 e. The highest BCUT2D eigenvalue weighted by molar-refractivity contribution is 5.36. The van der Waals surface area contributed by atoms with Crippen LogP contribution in [0.15, 0.2) is 42.5 Å². The second kappa shape index (κ2) is 5.95. The lowest BCUT2D eigenvalue weighted by molar-refractivity contribution is 0.559. The molecule has 2 aromatic rings. The van der Waals surface area contributed by atoms with Gasteiger partial charge in [-0.15, -0.1) is 0 Å². The molecule has 3 heteroatoms. The molecule has 0 heterocycles. The number of nitrogens with two attached hydrogens (primary N) is 1. The lowest BCUT2D eigenvalue weighted by Crippen LogP contribution is -2.29. The summed E-state index contributed by atoms with van der Waals surface area (Å²) in [5.41, 5.74) is 6.37. The van der Waals surface area contributed by atoms with E-state index in [0.29, 0.717) is 5.56 Å². The number of nitrogens with one attached hydrogen (secondary N) is 1. The number of rotatable bonds is 4. The Hall–Kier alpha value is -1.71. The van der Waals surface area contributed by atoms with E-state index in [2.05, 4.69) is 24.5 Å². The fourth-order valence-corrected chi connectivity index (χ4v) is 2.22. The maximum atomic E-state index is 14.1. The predicted octanol–water partition coefficient (Wildman–Crippen LogP) is 3.25. The summed E-state index contributed by atoms with van der Waals surface area (Å²) < 4.78 is 14.1. The lowest BCUT2D eigenvalue weighted by Gasteiger charge is -2.18. The predicted molar refractivity (Wildman–Crippen MR) is 76.1 cm³/mol. The molecule has 1 unspecified atom stereocenters. The minimum Gasteiger partial charge on any atom is -0.271 e. The molecule has 0 aromatic heterocycles. The molecule has 100 valence electrons. The molecule has 3 N–H and O–H groups in total. The average Bonchev–Trinajstić information content (AvgIpc) is 2.42. The van der Waals surface area contributed by atoms with E-state index in [1.807, 2.05) is 25.1 Å². The zero-order valence-electron chi connectivity index (χ0n) is 11.3. The van der Waals surface area contributed by atoms with Gasteiger partial charge in [-0.1, -0.05) is 43.3 Å². The molecule has 1 atom stereocenters. The Labute approximate surface area is 113 Å². The minimum absolute atomic E-state index is 0.232. The van der Waals surface area contributed by atoms with Crippen molar-refractivity contribution in [3.8, 4) is 0 Å².